The number of carboxylic acids is 1. The Hall–Kier alpha value is -0.610. The van der Waals surface area contributed by atoms with Gasteiger partial charge in [0.15, 0.2) is 0 Å². The van der Waals surface area contributed by atoms with Crippen molar-refractivity contribution in [2.24, 2.45) is 11.1 Å². The van der Waals surface area contributed by atoms with Gasteiger partial charge in [-0.1, -0.05) is 6.42 Å². The van der Waals surface area contributed by atoms with Crippen LogP contribution >= 0.6 is 0 Å². The third-order valence-corrected chi connectivity index (χ3v) is 3.50. The van der Waals surface area contributed by atoms with Crippen LogP contribution in [0, 0.1) is 5.41 Å². The predicted molar refractivity (Wildman–Crippen MR) is 48.2 cm³/mol. The first-order valence-electron chi connectivity index (χ1n) is 4.54. The van der Waals surface area contributed by atoms with E-state index >= 15 is 0 Å². The average molecular weight is 187 g/mol. The van der Waals surface area contributed by atoms with Gasteiger partial charge >= 0.3 is 5.97 Å². The van der Waals surface area contributed by atoms with Gasteiger partial charge in [-0.15, -0.1) is 0 Å². The van der Waals surface area contributed by atoms with Gasteiger partial charge in [-0.25, -0.2) is 0 Å². The molecule has 4 N–H and O–H groups in total. The maximum atomic E-state index is 11.0. The molecule has 1 aliphatic rings. The van der Waals surface area contributed by atoms with Crippen LogP contribution in [0.2, 0.25) is 0 Å². The Morgan fingerprint density at radius 3 is 2.46 bits per heavy atom. The lowest BCUT2D eigenvalue weighted by molar-refractivity contribution is -0.174. The van der Waals surface area contributed by atoms with E-state index in [9.17, 15) is 9.90 Å². The van der Waals surface area contributed by atoms with Crippen molar-refractivity contribution >= 4 is 5.97 Å². The molecule has 1 aliphatic carbocycles. The number of hydrogen-bond donors (Lipinski definition) is 3. The third-order valence-electron chi connectivity index (χ3n) is 3.50. The molecule has 1 rings (SSSR count). The Balaban J connectivity index is 3.02. The molecule has 4 nitrogen and oxygen atoms in total. The van der Waals surface area contributed by atoms with Crippen LogP contribution in [0.4, 0.5) is 0 Å². The van der Waals surface area contributed by atoms with Gasteiger partial charge in [-0.05, 0) is 26.7 Å². The first-order chi connectivity index (χ1) is 5.82. The summed E-state index contributed by atoms with van der Waals surface area (Å²) in [5.41, 5.74) is 3.30. The van der Waals surface area contributed by atoms with Gasteiger partial charge in [0, 0.05) is 6.04 Å². The fourth-order valence-electron chi connectivity index (χ4n) is 1.94. The number of rotatable bonds is 1. The molecule has 0 aromatic heterocycles. The summed E-state index contributed by atoms with van der Waals surface area (Å²) in [4.78, 5) is 11.0. The number of aliphatic carboxylic acids is 1. The molecule has 4 heteroatoms. The van der Waals surface area contributed by atoms with Crippen LogP contribution in [0.1, 0.15) is 33.1 Å². The van der Waals surface area contributed by atoms with Crippen LogP contribution in [0.25, 0.3) is 0 Å². The van der Waals surface area contributed by atoms with E-state index in [1.54, 1.807) is 6.92 Å². The number of nitrogens with two attached hydrogens (primary N) is 1. The smallest absolute Gasteiger partial charge is 0.312 e. The molecule has 0 aromatic carbocycles. The van der Waals surface area contributed by atoms with E-state index in [1.165, 1.54) is 6.92 Å². The summed E-state index contributed by atoms with van der Waals surface area (Å²) in [6.07, 6.45) is 1.94. The van der Waals surface area contributed by atoms with Gasteiger partial charge in [-0.3, -0.25) is 4.79 Å². The van der Waals surface area contributed by atoms with Crippen LogP contribution in [0.5, 0.6) is 0 Å². The normalized spacial score (nSPS) is 46.0. The monoisotopic (exact) mass is 187 g/mol. The molecule has 1 saturated carbocycles. The highest BCUT2D eigenvalue weighted by Crippen LogP contribution is 2.43. The second kappa shape index (κ2) is 2.96. The van der Waals surface area contributed by atoms with E-state index in [-0.39, 0.29) is 0 Å². The summed E-state index contributed by atoms with van der Waals surface area (Å²) in [6, 6.07) is -0.442. The minimum absolute atomic E-state index is 0.442. The van der Waals surface area contributed by atoms with E-state index in [4.69, 9.17) is 10.8 Å². The molecule has 1 fully saturated rings. The van der Waals surface area contributed by atoms with E-state index < -0.39 is 23.0 Å². The number of carboxylic acid groups (broad SMARTS) is 1. The second-order valence-electron chi connectivity index (χ2n) is 4.28. The standard InChI is InChI=1S/C9H17NO3/c1-8(7(11)12)5-3-4-6(10)9(8,2)13/h6,13H,3-5,10H2,1-2H3,(H,11,12). The summed E-state index contributed by atoms with van der Waals surface area (Å²) in [6.45, 7) is 3.08. The molecule has 0 bridgehead atoms. The Kier molecular flexibility index (Phi) is 2.38. The fourth-order valence-corrected chi connectivity index (χ4v) is 1.94. The first-order valence-corrected chi connectivity index (χ1v) is 4.54. The topological polar surface area (TPSA) is 83.5 Å². The molecule has 0 spiro atoms. The van der Waals surface area contributed by atoms with Crippen molar-refractivity contribution in [3.8, 4) is 0 Å². The van der Waals surface area contributed by atoms with Gasteiger partial charge < -0.3 is 15.9 Å². The average Bonchev–Trinajstić information content (AvgIpc) is 2.00. The fraction of sp³-hybridized carbons (Fsp3) is 0.889. The summed E-state index contributed by atoms with van der Waals surface area (Å²) in [7, 11) is 0. The zero-order valence-corrected chi connectivity index (χ0v) is 8.08. The van der Waals surface area contributed by atoms with Crippen molar-refractivity contribution in [2.45, 2.75) is 44.8 Å². The van der Waals surface area contributed by atoms with Crippen molar-refractivity contribution in [3.63, 3.8) is 0 Å². The van der Waals surface area contributed by atoms with Crippen molar-refractivity contribution in [1.82, 2.24) is 0 Å². The zero-order chi connectivity index (χ0) is 10.3. The summed E-state index contributed by atoms with van der Waals surface area (Å²) >= 11 is 0. The van der Waals surface area contributed by atoms with E-state index in [2.05, 4.69) is 0 Å². The van der Waals surface area contributed by atoms with Crippen LogP contribution in [-0.4, -0.2) is 27.8 Å². The van der Waals surface area contributed by atoms with Crippen molar-refractivity contribution in [3.05, 3.63) is 0 Å². The highest BCUT2D eigenvalue weighted by molar-refractivity contribution is 5.76. The van der Waals surface area contributed by atoms with Crippen LogP contribution in [0.15, 0.2) is 0 Å². The van der Waals surface area contributed by atoms with Crippen molar-refractivity contribution in [2.75, 3.05) is 0 Å². The Bertz CT molecular complexity index is 227. The summed E-state index contributed by atoms with van der Waals surface area (Å²) in [5.74, 6) is -0.965. The highest BCUT2D eigenvalue weighted by atomic mass is 16.4. The van der Waals surface area contributed by atoms with Crippen LogP contribution in [-0.2, 0) is 4.79 Å². The van der Waals surface area contributed by atoms with Gasteiger partial charge in [0.2, 0.25) is 0 Å². The SMILES string of the molecule is CC1(C(=O)O)CCCC(N)C1(C)O. The largest absolute Gasteiger partial charge is 0.481 e. The van der Waals surface area contributed by atoms with Crippen LogP contribution < -0.4 is 5.73 Å². The molecule has 3 atom stereocenters. The quantitative estimate of drug-likeness (QED) is 0.552. The molecule has 0 aromatic rings. The van der Waals surface area contributed by atoms with Crippen LogP contribution in [0.3, 0.4) is 0 Å². The molecule has 0 saturated heterocycles. The predicted octanol–water partition coefficient (Wildman–Crippen LogP) is 0.340. The molecule has 0 aliphatic heterocycles. The molecule has 3 unspecified atom stereocenters. The van der Waals surface area contributed by atoms with Gasteiger partial charge in [-0.2, -0.15) is 0 Å². The number of aliphatic hydroxyl groups is 1. The first kappa shape index (κ1) is 10.5. The molecule has 0 heterocycles. The lowest BCUT2D eigenvalue weighted by Gasteiger charge is -2.47. The van der Waals surface area contributed by atoms with Crippen molar-refractivity contribution < 1.29 is 15.0 Å². The highest BCUT2D eigenvalue weighted by Gasteiger charge is 2.54. The Morgan fingerprint density at radius 1 is 1.54 bits per heavy atom. The third kappa shape index (κ3) is 1.34. The van der Waals surface area contributed by atoms with E-state index in [0.717, 1.165) is 6.42 Å². The van der Waals surface area contributed by atoms with E-state index in [1.807, 2.05) is 0 Å². The Morgan fingerprint density at radius 2 is 2.08 bits per heavy atom. The number of carbonyl (C=O) groups is 1. The molecule has 0 amide bonds. The number of hydrogen-bond acceptors (Lipinski definition) is 3. The van der Waals surface area contributed by atoms with Gasteiger partial charge in [0.1, 0.15) is 0 Å². The maximum absolute atomic E-state index is 11.0. The summed E-state index contributed by atoms with van der Waals surface area (Å²) in [5, 5.41) is 19.1. The van der Waals surface area contributed by atoms with Crippen molar-refractivity contribution in [1.29, 1.82) is 0 Å². The minimum Gasteiger partial charge on any atom is -0.481 e. The molecule has 13 heavy (non-hydrogen) atoms. The molecular weight excluding hydrogens is 170 g/mol. The molecular formula is C9H17NO3. The maximum Gasteiger partial charge on any atom is 0.312 e. The zero-order valence-electron chi connectivity index (χ0n) is 8.08. The lowest BCUT2D eigenvalue weighted by atomic mass is 9.63. The van der Waals surface area contributed by atoms with Gasteiger partial charge in [0.05, 0.1) is 11.0 Å². The van der Waals surface area contributed by atoms with Gasteiger partial charge in [0.25, 0.3) is 0 Å². The molecule has 76 valence electrons. The molecule has 0 radical (unpaired) electrons. The van der Waals surface area contributed by atoms with E-state index in [0.29, 0.717) is 12.8 Å². The second-order valence-corrected chi connectivity index (χ2v) is 4.28. The Labute approximate surface area is 77.7 Å². The minimum atomic E-state index is -1.31. The summed E-state index contributed by atoms with van der Waals surface area (Å²) < 4.78 is 0. The lowest BCUT2D eigenvalue weighted by Crippen LogP contribution is -2.62.